The first-order valence-corrected chi connectivity index (χ1v) is 11.3. The van der Waals surface area contributed by atoms with Crippen molar-refractivity contribution in [1.82, 2.24) is 0 Å². The zero-order valence-corrected chi connectivity index (χ0v) is 20.1. The summed E-state index contributed by atoms with van der Waals surface area (Å²) in [4.78, 5) is 24.0. The van der Waals surface area contributed by atoms with Gasteiger partial charge < -0.3 is 29.2 Å². The molecule has 0 aliphatic heterocycles. The minimum atomic E-state index is -1.17. The molecule has 2 N–H and O–H groups in total. The van der Waals surface area contributed by atoms with Crippen molar-refractivity contribution in [3.63, 3.8) is 0 Å². The van der Waals surface area contributed by atoms with Gasteiger partial charge in [0, 0.05) is 24.3 Å². The van der Waals surface area contributed by atoms with Gasteiger partial charge in [-0.1, -0.05) is 26.7 Å². The van der Waals surface area contributed by atoms with E-state index < -0.39 is 36.7 Å². The highest BCUT2D eigenvalue weighted by Crippen LogP contribution is 2.35. The summed E-state index contributed by atoms with van der Waals surface area (Å²) in [6, 6.07) is 2.59. The molecular weight excluding hydrogens is 416 g/mol. The molecule has 0 aliphatic rings. The van der Waals surface area contributed by atoms with Gasteiger partial charge in [0.1, 0.15) is 0 Å². The van der Waals surface area contributed by atoms with Crippen molar-refractivity contribution >= 4 is 11.9 Å². The van der Waals surface area contributed by atoms with Crippen LogP contribution in [0, 0.1) is 0 Å². The predicted molar refractivity (Wildman–Crippen MR) is 120 cm³/mol. The molecule has 8 nitrogen and oxygen atoms in total. The van der Waals surface area contributed by atoms with E-state index >= 15 is 0 Å². The molecule has 1 aromatic carbocycles. The summed E-state index contributed by atoms with van der Waals surface area (Å²) in [7, 11) is 0. The molecule has 0 amide bonds. The summed E-state index contributed by atoms with van der Waals surface area (Å²) in [6.45, 7) is 12.0. The minimum Gasteiger partial charge on any atom is -0.478 e. The lowest BCUT2D eigenvalue weighted by Gasteiger charge is -2.28. The van der Waals surface area contributed by atoms with E-state index in [0.717, 1.165) is 25.7 Å². The van der Waals surface area contributed by atoms with E-state index in [1.807, 2.05) is 0 Å². The van der Waals surface area contributed by atoms with Gasteiger partial charge in [0.2, 0.25) is 0 Å². The van der Waals surface area contributed by atoms with E-state index in [1.165, 1.54) is 12.1 Å². The van der Waals surface area contributed by atoms with Crippen LogP contribution in [0.3, 0.4) is 0 Å². The van der Waals surface area contributed by atoms with Crippen molar-refractivity contribution in [2.24, 2.45) is 0 Å². The van der Waals surface area contributed by atoms with Crippen LogP contribution in [0.25, 0.3) is 0 Å². The van der Waals surface area contributed by atoms with Gasteiger partial charge in [-0.2, -0.15) is 0 Å². The summed E-state index contributed by atoms with van der Waals surface area (Å²) in [6.07, 6.45) is 1.04. The molecule has 0 saturated heterocycles. The van der Waals surface area contributed by atoms with Crippen LogP contribution in [0.15, 0.2) is 12.1 Å². The molecular formula is C24H38O8. The molecule has 32 heavy (non-hydrogen) atoms. The molecule has 182 valence electrons. The third kappa shape index (κ3) is 8.50. The quantitative estimate of drug-likeness (QED) is 0.246. The van der Waals surface area contributed by atoms with Crippen LogP contribution < -0.4 is 0 Å². The van der Waals surface area contributed by atoms with Crippen molar-refractivity contribution in [2.45, 2.75) is 92.0 Å². The Labute approximate surface area is 190 Å². The van der Waals surface area contributed by atoms with Crippen LogP contribution in [0.1, 0.15) is 111 Å². The Morgan fingerprint density at radius 1 is 0.750 bits per heavy atom. The maximum absolute atomic E-state index is 12.0. The Morgan fingerprint density at radius 3 is 1.38 bits per heavy atom. The molecule has 4 atom stereocenters. The molecule has 0 saturated carbocycles. The number of rotatable bonds is 16. The zero-order valence-electron chi connectivity index (χ0n) is 20.1. The van der Waals surface area contributed by atoms with E-state index in [2.05, 4.69) is 13.8 Å². The number of unbranched alkanes of at least 4 members (excludes halogenated alkanes) is 2. The SMILES string of the molecule is CCCCOC(C)OC(C)c1c(C(=O)O)ccc(C(=O)O)c1C(C)OC(C)OCCCC. The number of carbonyl (C=O) groups is 2. The highest BCUT2D eigenvalue weighted by molar-refractivity contribution is 5.95. The molecule has 1 rings (SSSR count). The third-order valence-corrected chi connectivity index (χ3v) is 5.05. The number of carboxylic acids is 2. The number of carboxylic acid groups (broad SMARTS) is 2. The van der Waals surface area contributed by atoms with Crippen molar-refractivity contribution in [3.05, 3.63) is 34.4 Å². The predicted octanol–water partition coefficient (Wildman–Crippen LogP) is 5.56. The summed E-state index contributed by atoms with van der Waals surface area (Å²) >= 11 is 0. The van der Waals surface area contributed by atoms with Gasteiger partial charge in [0.25, 0.3) is 0 Å². The van der Waals surface area contributed by atoms with Gasteiger partial charge in [-0.15, -0.1) is 0 Å². The Hall–Kier alpha value is -2.00. The minimum absolute atomic E-state index is 0.0340. The lowest BCUT2D eigenvalue weighted by atomic mass is 9.89. The Morgan fingerprint density at radius 2 is 1.09 bits per heavy atom. The first-order chi connectivity index (χ1) is 15.1. The van der Waals surface area contributed by atoms with E-state index in [9.17, 15) is 19.8 Å². The smallest absolute Gasteiger partial charge is 0.336 e. The first kappa shape index (κ1) is 28.0. The summed E-state index contributed by atoms with van der Waals surface area (Å²) in [5, 5.41) is 19.6. The molecule has 0 bridgehead atoms. The molecule has 4 unspecified atom stereocenters. The highest BCUT2D eigenvalue weighted by Gasteiger charge is 2.30. The third-order valence-electron chi connectivity index (χ3n) is 5.05. The van der Waals surface area contributed by atoms with Crippen LogP contribution in [0.2, 0.25) is 0 Å². The summed E-state index contributed by atoms with van der Waals surface area (Å²) in [5.74, 6) is -2.35. The van der Waals surface area contributed by atoms with E-state index in [4.69, 9.17) is 18.9 Å². The lowest BCUT2D eigenvalue weighted by molar-refractivity contribution is -0.164. The number of hydrogen-bond acceptors (Lipinski definition) is 6. The average Bonchev–Trinajstić information content (AvgIpc) is 2.72. The molecule has 8 heteroatoms. The van der Waals surface area contributed by atoms with Gasteiger partial charge in [0.15, 0.2) is 12.6 Å². The fourth-order valence-electron chi connectivity index (χ4n) is 3.46. The molecule has 0 heterocycles. The second-order valence-corrected chi connectivity index (χ2v) is 7.74. The Bertz CT molecular complexity index is 672. The van der Waals surface area contributed by atoms with Crippen molar-refractivity contribution in [2.75, 3.05) is 13.2 Å². The van der Waals surface area contributed by atoms with Crippen LogP contribution >= 0.6 is 0 Å². The summed E-state index contributed by atoms with van der Waals surface area (Å²) < 4.78 is 23.1. The Kier molecular flexibility index (Phi) is 12.4. The average molecular weight is 455 g/mol. The number of hydrogen-bond donors (Lipinski definition) is 2. The molecule has 0 fully saturated rings. The van der Waals surface area contributed by atoms with Gasteiger partial charge in [-0.05, 0) is 52.7 Å². The molecule has 0 aliphatic carbocycles. The maximum atomic E-state index is 12.0. The van der Waals surface area contributed by atoms with Gasteiger partial charge >= 0.3 is 11.9 Å². The van der Waals surface area contributed by atoms with E-state index in [-0.39, 0.29) is 22.3 Å². The van der Waals surface area contributed by atoms with E-state index in [0.29, 0.717) is 13.2 Å². The summed E-state index contributed by atoms with van der Waals surface area (Å²) in [5.41, 5.74) is 0.453. The lowest BCUT2D eigenvalue weighted by Crippen LogP contribution is -2.23. The van der Waals surface area contributed by atoms with Crippen molar-refractivity contribution in [3.8, 4) is 0 Å². The topological polar surface area (TPSA) is 112 Å². The standard InChI is InChI=1S/C24H38O8/c1-7-9-13-29-17(5)31-15(3)21-19(23(25)26)11-12-20(24(27)28)22(21)16(4)32-18(6)30-14-10-8-2/h11-12,15-18H,7-10,13-14H2,1-6H3,(H,25,26)(H,27,28). The van der Waals surface area contributed by atoms with E-state index in [1.54, 1.807) is 27.7 Å². The monoisotopic (exact) mass is 454 g/mol. The molecule has 0 spiro atoms. The largest absolute Gasteiger partial charge is 0.478 e. The molecule has 0 radical (unpaired) electrons. The second kappa shape index (κ2) is 14.2. The number of benzene rings is 1. The van der Waals surface area contributed by atoms with Crippen molar-refractivity contribution in [1.29, 1.82) is 0 Å². The first-order valence-electron chi connectivity index (χ1n) is 11.3. The second-order valence-electron chi connectivity index (χ2n) is 7.74. The van der Waals surface area contributed by atoms with Gasteiger partial charge in [-0.25, -0.2) is 9.59 Å². The van der Waals surface area contributed by atoms with Gasteiger partial charge in [-0.3, -0.25) is 0 Å². The number of ether oxygens (including phenoxy) is 4. The zero-order chi connectivity index (χ0) is 24.3. The highest BCUT2D eigenvalue weighted by atomic mass is 16.7. The molecule has 1 aromatic rings. The maximum Gasteiger partial charge on any atom is 0.336 e. The van der Waals surface area contributed by atoms with Crippen LogP contribution in [0.5, 0.6) is 0 Å². The fourth-order valence-corrected chi connectivity index (χ4v) is 3.46. The van der Waals surface area contributed by atoms with Crippen LogP contribution in [0.4, 0.5) is 0 Å². The van der Waals surface area contributed by atoms with Gasteiger partial charge in [0.05, 0.1) is 23.3 Å². The molecule has 0 aromatic heterocycles. The van der Waals surface area contributed by atoms with Crippen molar-refractivity contribution < 1.29 is 38.7 Å². The van der Waals surface area contributed by atoms with Crippen LogP contribution in [-0.2, 0) is 18.9 Å². The Balaban J connectivity index is 3.31. The fraction of sp³-hybridized carbons (Fsp3) is 0.667. The van der Waals surface area contributed by atoms with Crippen LogP contribution in [-0.4, -0.2) is 47.9 Å². The number of aromatic carboxylic acids is 2. The normalized spacial score (nSPS) is 15.2.